The summed E-state index contributed by atoms with van der Waals surface area (Å²) in [7, 11) is 0. The van der Waals surface area contributed by atoms with Gasteiger partial charge < -0.3 is 9.40 Å². The largest absolute Gasteiger partial charge is 0.463 e. The fourth-order valence-electron chi connectivity index (χ4n) is 1.68. The summed E-state index contributed by atoms with van der Waals surface area (Å²) in [4.78, 5) is 3.24. The minimum Gasteiger partial charge on any atom is -0.463 e. The Morgan fingerprint density at radius 1 is 1.13 bits per heavy atom. The van der Waals surface area contributed by atoms with E-state index in [0.717, 1.165) is 27.4 Å². The quantitative estimate of drug-likeness (QED) is 0.654. The van der Waals surface area contributed by atoms with Crippen molar-refractivity contribution in [3.05, 3.63) is 47.7 Å². The van der Waals surface area contributed by atoms with E-state index in [4.69, 9.17) is 16.0 Å². The fourth-order valence-corrected chi connectivity index (χ4v) is 1.91. The van der Waals surface area contributed by atoms with Crippen molar-refractivity contribution in [2.45, 2.75) is 0 Å². The van der Waals surface area contributed by atoms with Crippen molar-refractivity contribution in [2.24, 2.45) is 0 Å². The Labute approximate surface area is 91.5 Å². The molecule has 0 aliphatic carbocycles. The van der Waals surface area contributed by atoms with Crippen LogP contribution in [-0.4, -0.2) is 4.98 Å². The Morgan fingerprint density at radius 2 is 2.07 bits per heavy atom. The highest BCUT2D eigenvalue weighted by Crippen LogP contribution is 2.28. The number of nitrogens with one attached hydrogen (secondary N) is 1. The Balaban J connectivity index is 2.27. The van der Waals surface area contributed by atoms with Gasteiger partial charge in [0.1, 0.15) is 5.76 Å². The maximum atomic E-state index is 6.07. The third-order valence-electron chi connectivity index (χ3n) is 2.39. The molecule has 1 aromatic carbocycles. The van der Waals surface area contributed by atoms with Gasteiger partial charge in [-0.05, 0) is 24.3 Å². The number of rotatable bonds is 1. The zero-order valence-corrected chi connectivity index (χ0v) is 8.58. The summed E-state index contributed by atoms with van der Waals surface area (Å²) >= 11 is 6.07. The van der Waals surface area contributed by atoms with Gasteiger partial charge in [-0.2, -0.15) is 0 Å². The highest BCUT2D eigenvalue weighted by atomic mass is 35.5. The van der Waals surface area contributed by atoms with Crippen LogP contribution in [-0.2, 0) is 0 Å². The van der Waals surface area contributed by atoms with E-state index in [-0.39, 0.29) is 0 Å². The smallest absolute Gasteiger partial charge is 0.150 e. The van der Waals surface area contributed by atoms with E-state index in [0.29, 0.717) is 0 Å². The Hall–Kier alpha value is -1.67. The number of hydrogen-bond donors (Lipinski definition) is 1. The molecule has 0 saturated heterocycles. The molecule has 0 fully saturated rings. The second-order valence-electron chi connectivity index (χ2n) is 3.36. The number of benzene rings is 1. The SMILES string of the molecule is Clc1cccc2cc(-c3ccco3)[nH]c12. The monoisotopic (exact) mass is 217 g/mol. The highest BCUT2D eigenvalue weighted by molar-refractivity contribution is 6.35. The summed E-state index contributed by atoms with van der Waals surface area (Å²) < 4.78 is 5.31. The van der Waals surface area contributed by atoms with Gasteiger partial charge >= 0.3 is 0 Å². The average molecular weight is 218 g/mol. The number of furan rings is 1. The van der Waals surface area contributed by atoms with Crippen LogP contribution in [0.5, 0.6) is 0 Å². The van der Waals surface area contributed by atoms with Crippen LogP contribution in [0.4, 0.5) is 0 Å². The van der Waals surface area contributed by atoms with E-state index in [1.54, 1.807) is 6.26 Å². The van der Waals surface area contributed by atoms with Gasteiger partial charge in [-0.15, -0.1) is 0 Å². The average Bonchev–Trinajstić information content (AvgIpc) is 2.86. The van der Waals surface area contributed by atoms with Crippen LogP contribution >= 0.6 is 11.6 Å². The van der Waals surface area contributed by atoms with Gasteiger partial charge in [-0.25, -0.2) is 0 Å². The maximum absolute atomic E-state index is 6.07. The molecular formula is C12H8ClNO. The van der Waals surface area contributed by atoms with Crippen LogP contribution in [0.2, 0.25) is 5.02 Å². The Bertz CT molecular complexity index is 595. The third-order valence-corrected chi connectivity index (χ3v) is 2.71. The minimum atomic E-state index is 0.727. The molecule has 2 nitrogen and oxygen atoms in total. The number of H-pyrrole nitrogens is 1. The van der Waals surface area contributed by atoms with E-state index < -0.39 is 0 Å². The standard InChI is InChI=1S/C12H8ClNO/c13-9-4-1-3-8-7-10(14-12(8)9)11-5-2-6-15-11/h1-7,14H. The summed E-state index contributed by atoms with van der Waals surface area (Å²) in [6.07, 6.45) is 1.66. The normalized spacial score (nSPS) is 11.0. The Morgan fingerprint density at radius 3 is 2.80 bits per heavy atom. The second-order valence-corrected chi connectivity index (χ2v) is 3.77. The van der Waals surface area contributed by atoms with Gasteiger partial charge in [-0.3, -0.25) is 0 Å². The van der Waals surface area contributed by atoms with E-state index in [1.807, 2.05) is 36.4 Å². The fraction of sp³-hybridized carbons (Fsp3) is 0. The molecule has 0 amide bonds. The predicted octanol–water partition coefficient (Wildman–Crippen LogP) is 4.08. The topological polar surface area (TPSA) is 28.9 Å². The first-order valence-electron chi connectivity index (χ1n) is 4.66. The van der Waals surface area contributed by atoms with Crippen molar-refractivity contribution in [1.82, 2.24) is 4.98 Å². The summed E-state index contributed by atoms with van der Waals surface area (Å²) in [6, 6.07) is 11.6. The molecule has 0 saturated carbocycles. The number of para-hydroxylation sites is 1. The molecule has 1 N–H and O–H groups in total. The van der Waals surface area contributed by atoms with E-state index >= 15 is 0 Å². The van der Waals surface area contributed by atoms with Gasteiger partial charge in [0.05, 0.1) is 22.5 Å². The molecular weight excluding hydrogens is 210 g/mol. The van der Waals surface area contributed by atoms with Crippen LogP contribution in [0, 0.1) is 0 Å². The van der Waals surface area contributed by atoms with Gasteiger partial charge in [0.15, 0.2) is 0 Å². The van der Waals surface area contributed by atoms with E-state index in [2.05, 4.69) is 4.98 Å². The number of aromatic nitrogens is 1. The lowest BCUT2D eigenvalue weighted by Gasteiger charge is -1.91. The summed E-state index contributed by atoms with van der Waals surface area (Å²) in [6.45, 7) is 0. The molecule has 0 aliphatic heterocycles. The van der Waals surface area contributed by atoms with Crippen LogP contribution in [0.25, 0.3) is 22.4 Å². The minimum absolute atomic E-state index is 0.727. The molecule has 0 atom stereocenters. The molecule has 0 spiro atoms. The number of aromatic amines is 1. The molecule has 3 rings (SSSR count). The van der Waals surface area contributed by atoms with Crippen LogP contribution in [0.3, 0.4) is 0 Å². The number of halogens is 1. The van der Waals surface area contributed by atoms with Crippen molar-refractivity contribution < 1.29 is 4.42 Å². The van der Waals surface area contributed by atoms with Crippen molar-refractivity contribution in [1.29, 1.82) is 0 Å². The van der Waals surface area contributed by atoms with E-state index in [1.165, 1.54) is 0 Å². The molecule has 3 aromatic rings. The summed E-state index contributed by atoms with van der Waals surface area (Å²) in [5.41, 5.74) is 1.90. The molecule has 0 bridgehead atoms. The maximum Gasteiger partial charge on any atom is 0.150 e. The van der Waals surface area contributed by atoms with Crippen molar-refractivity contribution in [2.75, 3.05) is 0 Å². The lowest BCUT2D eigenvalue weighted by Crippen LogP contribution is -1.71. The van der Waals surface area contributed by atoms with Gasteiger partial charge in [0, 0.05) is 5.39 Å². The molecule has 74 valence electrons. The van der Waals surface area contributed by atoms with Gasteiger partial charge in [-0.1, -0.05) is 23.7 Å². The first kappa shape index (κ1) is 8.62. The lowest BCUT2D eigenvalue weighted by atomic mass is 10.2. The first-order chi connectivity index (χ1) is 7.34. The molecule has 0 radical (unpaired) electrons. The van der Waals surface area contributed by atoms with E-state index in [9.17, 15) is 0 Å². The Kier molecular flexibility index (Phi) is 1.82. The molecule has 3 heteroatoms. The number of hydrogen-bond acceptors (Lipinski definition) is 1. The second kappa shape index (κ2) is 3.17. The summed E-state index contributed by atoms with van der Waals surface area (Å²) in [5, 5.41) is 1.82. The van der Waals surface area contributed by atoms with Crippen LogP contribution in [0.1, 0.15) is 0 Å². The predicted molar refractivity (Wildman–Crippen MR) is 61.0 cm³/mol. The molecule has 15 heavy (non-hydrogen) atoms. The number of fused-ring (bicyclic) bond motifs is 1. The van der Waals surface area contributed by atoms with Crippen LogP contribution < -0.4 is 0 Å². The van der Waals surface area contributed by atoms with Gasteiger partial charge in [0.25, 0.3) is 0 Å². The first-order valence-corrected chi connectivity index (χ1v) is 5.03. The summed E-state index contributed by atoms with van der Waals surface area (Å²) in [5.74, 6) is 0.822. The lowest BCUT2D eigenvalue weighted by molar-refractivity contribution is 0.580. The third kappa shape index (κ3) is 1.34. The van der Waals surface area contributed by atoms with Crippen molar-refractivity contribution in [3.8, 4) is 11.5 Å². The molecule has 2 aromatic heterocycles. The van der Waals surface area contributed by atoms with Crippen LogP contribution in [0.15, 0.2) is 47.1 Å². The van der Waals surface area contributed by atoms with Gasteiger partial charge in [0.2, 0.25) is 0 Å². The molecule has 0 unspecified atom stereocenters. The zero-order chi connectivity index (χ0) is 10.3. The molecule has 2 heterocycles. The highest BCUT2D eigenvalue weighted by Gasteiger charge is 2.06. The van der Waals surface area contributed by atoms with Crippen molar-refractivity contribution >= 4 is 22.5 Å². The molecule has 0 aliphatic rings. The zero-order valence-electron chi connectivity index (χ0n) is 7.83. The van der Waals surface area contributed by atoms with Crippen molar-refractivity contribution in [3.63, 3.8) is 0 Å².